The van der Waals surface area contributed by atoms with Crippen LogP contribution < -0.4 is 4.74 Å². The van der Waals surface area contributed by atoms with Crippen LogP contribution in [0.2, 0.25) is 0 Å². The number of aryl methyl sites for hydroxylation is 1. The number of ether oxygens (including phenoxy) is 1. The minimum Gasteiger partial charge on any atom is -0.484 e. The molecule has 0 aliphatic rings. The molecule has 0 heterocycles. The number of carboxylic acids is 1. The van der Waals surface area contributed by atoms with Gasteiger partial charge in [-0.25, -0.2) is 4.79 Å². The van der Waals surface area contributed by atoms with E-state index >= 15 is 0 Å². The normalized spacial score (nSPS) is 12.3. The van der Waals surface area contributed by atoms with E-state index in [0.29, 0.717) is 12.0 Å². The van der Waals surface area contributed by atoms with Gasteiger partial charge >= 0.3 is 18.1 Å². The molecule has 1 aromatic rings. The lowest BCUT2D eigenvalue weighted by Crippen LogP contribution is -2.27. The zero-order valence-corrected chi connectivity index (χ0v) is 10.3. The molecular weight excluding hydrogens is 287 g/mol. The number of halogens is 5. The van der Waals surface area contributed by atoms with Crippen molar-refractivity contribution in [2.75, 3.05) is 6.61 Å². The van der Waals surface area contributed by atoms with Crippen LogP contribution >= 0.6 is 0 Å². The molecule has 0 radical (unpaired) electrons. The van der Waals surface area contributed by atoms with Crippen LogP contribution in [0, 0.1) is 0 Å². The van der Waals surface area contributed by atoms with Gasteiger partial charge in [-0.05, 0) is 24.1 Å². The van der Waals surface area contributed by atoms with Gasteiger partial charge in [-0.15, -0.1) is 0 Å². The summed E-state index contributed by atoms with van der Waals surface area (Å²) in [6.07, 6.45) is -4.33. The maximum Gasteiger partial charge on any atom is 0.422 e. The SMILES string of the molecule is CCc1ccc(C(F)(F)C(=O)O)c(OCC(F)(F)F)c1. The number of aliphatic carboxylic acids is 1. The van der Waals surface area contributed by atoms with E-state index in [1.54, 1.807) is 6.92 Å². The first-order valence-electron chi connectivity index (χ1n) is 5.52. The fourth-order valence-corrected chi connectivity index (χ4v) is 1.44. The third kappa shape index (κ3) is 3.82. The molecule has 0 aliphatic heterocycles. The van der Waals surface area contributed by atoms with E-state index in [0.717, 1.165) is 12.1 Å². The van der Waals surface area contributed by atoms with Crippen LogP contribution in [0.4, 0.5) is 22.0 Å². The number of rotatable bonds is 5. The summed E-state index contributed by atoms with van der Waals surface area (Å²) in [6.45, 7) is -0.110. The summed E-state index contributed by atoms with van der Waals surface area (Å²) in [6, 6.07) is 2.96. The fourth-order valence-electron chi connectivity index (χ4n) is 1.44. The summed E-state index contributed by atoms with van der Waals surface area (Å²) in [5.74, 6) is -7.57. The molecule has 0 unspecified atom stereocenters. The van der Waals surface area contributed by atoms with E-state index in [-0.39, 0.29) is 0 Å². The predicted molar refractivity (Wildman–Crippen MR) is 58.9 cm³/mol. The Morgan fingerprint density at radius 2 is 1.85 bits per heavy atom. The molecule has 3 nitrogen and oxygen atoms in total. The smallest absolute Gasteiger partial charge is 0.422 e. The van der Waals surface area contributed by atoms with Crippen molar-refractivity contribution in [1.82, 2.24) is 0 Å². The first-order chi connectivity index (χ1) is 9.08. The molecular formula is C12H11F5O3. The van der Waals surface area contributed by atoms with Gasteiger partial charge in [0.1, 0.15) is 5.75 Å². The highest BCUT2D eigenvalue weighted by atomic mass is 19.4. The Hall–Kier alpha value is -1.86. The van der Waals surface area contributed by atoms with Crippen molar-refractivity contribution in [2.24, 2.45) is 0 Å². The van der Waals surface area contributed by atoms with Gasteiger partial charge in [0.05, 0.1) is 5.56 Å². The first kappa shape index (κ1) is 16.2. The van der Waals surface area contributed by atoms with Crippen molar-refractivity contribution in [3.8, 4) is 5.75 Å². The van der Waals surface area contributed by atoms with Gasteiger partial charge in [-0.2, -0.15) is 22.0 Å². The van der Waals surface area contributed by atoms with E-state index < -0.39 is 36.0 Å². The van der Waals surface area contributed by atoms with Gasteiger partial charge in [-0.1, -0.05) is 13.0 Å². The van der Waals surface area contributed by atoms with Crippen LogP contribution in [0.25, 0.3) is 0 Å². The topological polar surface area (TPSA) is 46.5 Å². The number of alkyl halides is 5. The Morgan fingerprint density at radius 1 is 1.25 bits per heavy atom. The molecule has 1 aromatic carbocycles. The highest BCUT2D eigenvalue weighted by Crippen LogP contribution is 2.36. The van der Waals surface area contributed by atoms with Crippen molar-refractivity contribution in [2.45, 2.75) is 25.4 Å². The number of carbonyl (C=O) groups is 1. The standard InChI is InChI=1S/C12H11F5O3/c1-2-7-3-4-8(12(16,17)10(18)19)9(5-7)20-6-11(13,14)15/h3-5H,2,6H2,1H3,(H,18,19). The Labute approximate surface area is 111 Å². The second-order valence-electron chi connectivity index (χ2n) is 3.97. The van der Waals surface area contributed by atoms with E-state index in [1.807, 2.05) is 0 Å². The third-order valence-electron chi connectivity index (χ3n) is 2.45. The summed E-state index contributed by atoms with van der Waals surface area (Å²) < 4.78 is 67.4. The molecule has 0 saturated carbocycles. The maximum absolute atomic E-state index is 13.4. The molecule has 1 rings (SSSR count). The molecule has 0 aliphatic carbocycles. The van der Waals surface area contributed by atoms with Crippen LogP contribution in [-0.2, 0) is 17.1 Å². The second kappa shape index (κ2) is 5.64. The zero-order chi connectivity index (χ0) is 15.6. The number of benzene rings is 1. The monoisotopic (exact) mass is 298 g/mol. The fraction of sp³-hybridized carbons (Fsp3) is 0.417. The molecule has 0 bridgehead atoms. The molecule has 0 amide bonds. The minimum atomic E-state index is -4.71. The molecule has 20 heavy (non-hydrogen) atoms. The Morgan fingerprint density at radius 3 is 2.30 bits per heavy atom. The molecule has 0 saturated heterocycles. The van der Waals surface area contributed by atoms with E-state index in [1.165, 1.54) is 6.07 Å². The predicted octanol–water partition coefficient (Wildman–Crippen LogP) is 3.37. The number of hydrogen-bond acceptors (Lipinski definition) is 2. The lowest BCUT2D eigenvalue weighted by atomic mass is 10.0. The van der Waals surface area contributed by atoms with Gasteiger partial charge in [0, 0.05) is 0 Å². The summed E-state index contributed by atoms with van der Waals surface area (Å²) in [7, 11) is 0. The largest absolute Gasteiger partial charge is 0.484 e. The van der Waals surface area contributed by atoms with Crippen molar-refractivity contribution in [1.29, 1.82) is 0 Å². The lowest BCUT2D eigenvalue weighted by Gasteiger charge is -2.18. The van der Waals surface area contributed by atoms with Gasteiger partial charge in [0.25, 0.3) is 0 Å². The lowest BCUT2D eigenvalue weighted by molar-refractivity contribution is -0.167. The van der Waals surface area contributed by atoms with E-state index in [9.17, 15) is 26.7 Å². The zero-order valence-electron chi connectivity index (χ0n) is 10.3. The van der Waals surface area contributed by atoms with Crippen molar-refractivity contribution in [3.63, 3.8) is 0 Å². The average molecular weight is 298 g/mol. The molecule has 0 spiro atoms. The van der Waals surface area contributed by atoms with Crippen molar-refractivity contribution >= 4 is 5.97 Å². The minimum absolute atomic E-state index is 0.376. The Kier molecular flexibility index (Phi) is 4.57. The molecule has 0 aromatic heterocycles. The summed E-state index contributed by atoms with van der Waals surface area (Å²) in [4.78, 5) is 10.5. The third-order valence-corrected chi connectivity index (χ3v) is 2.45. The Bertz CT molecular complexity index is 496. The highest BCUT2D eigenvalue weighted by molar-refractivity contribution is 5.78. The van der Waals surface area contributed by atoms with Crippen LogP contribution in [0.1, 0.15) is 18.1 Å². The molecule has 8 heteroatoms. The highest BCUT2D eigenvalue weighted by Gasteiger charge is 2.44. The number of carboxylic acid groups (broad SMARTS) is 1. The van der Waals surface area contributed by atoms with E-state index in [4.69, 9.17) is 5.11 Å². The van der Waals surface area contributed by atoms with Crippen LogP contribution in [0.15, 0.2) is 18.2 Å². The van der Waals surface area contributed by atoms with Crippen LogP contribution in [0.3, 0.4) is 0 Å². The van der Waals surface area contributed by atoms with Gasteiger partial charge in [0.15, 0.2) is 6.61 Å². The maximum atomic E-state index is 13.4. The van der Waals surface area contributed by atoms with Crippen LogP contribution in [0.5, 0.6) is 5.75 Å². The quantitative estimate of drug-likeness (QED) is 0.848. The molecule has 112 valence electrons. The van der Waals surface area contributed by atoms with Gasteiger partial charge < -0.3 is 9.84 Å². The summed E-state index contributed by atoms with van der Waals surface area (Å²) >= 11 is 0. The van der Waals surface area contributed by atoms with E-state index in [2.05, 4.69) is 4.74 Å². The first-order valence-corrected chi connectivity index (χ1v) is 5.52. The molecule has 0 fully saturated rings. The molecule has 0 atom stereocenters. The summed E-state index contributed by atoms with van der Waals surface area (Å²) in [5, 5.41) is 8.45. The van der Waals surface area contributed by atoms with Crippen LogP contribution in [-0.4, -0.2) is 23.9 Å². The number of hydrogen-bond donors (Lipinski definition) is 1. The second-order valence-corrected chi connectivity index (χ2v) is 3.97. The summed E-state index contributed by atoms with van der Waals surface area (Å²) in [5.41, 5.74) is -0.654. The van der Waals surface area contributed by atoms with Gasteiger partial charge in [-0.3, -0.25) is 0 Å². The van der Waals surface area contributed by atoms with Gasteiger partial charge in [0.2, 0.25) is 0 Å². The average Bonchev–Trinajstić information content (AvgIpc) is 2.34. The van der Waals surface area contributed by atoms with Crippen molar-refractivity contribution < 1.29 is 36.6 Å². The van der Waals surface area contributed by atoms with Crippen molar-refractivity contribution in [3.05, 3.63) is 29.3 Å². The Balaban J connectivity index is 3.20. The molecule has 1 N–H and O–H groups in total.